The fraction of sp³-hybridized carbons (Fsp3) is 0.357. The summed E-state index contributed by atoms with van der Waals surface area (Å²) >= 11 is 0. The first kappa shape index (κ1) is 16.8. The zero-order valence-electron chi connectivity index (χ0n) is 13.5. The first-order valence-electron chi connectivity index (χ1n) is 6.67. The van der Waals surface area contributed by atoms with Gasteiger partial charge in [-0.05, 0) is 31.5 Å². The molecule has 8 nitrogen and oxygen atoms in total. The molecule has 1 aromatic heterocycles. The fourth-order valence-electron chi connectivity index (χ4n) is 2.11. The van der Waals surface area contributed by atoms with Crippen molar-refractivity contribution in [2.45, 2.75) is 13.8 Å². The third-order valence-corrected chi connectivity index (χ3v) is 4.87. The van der Waals surface area contributed by atoms with Crippen LogP contribution in [0.15, 0.2) is 16.9 Å². The minimum atomic E-state index is -3.54. The second-order valence-electron chi connectivity index (χ2n) is 5.27. The van der Waals surface area contributed by atoms with Crippen LogP contribution in [0.3, 0.4) is 0 Å². The monoisotopic (exact) mass is 335 g/mol. The maximum absolute atomic E-state index is 12.2. The van der Waals surface area contributed by atoms with Crippen molar-refractivity contribution in [1.82, 2.24) is 14.3 Å². The summed E-state index contributed by atoms with van der Waals surface area (Å²) in [7, 11) is -0.566. The van der Waals surface area contributed by atoms with E-state index in [2.05, 4.69) is 9.94 Å². The fourth-order valence-corrected chi connectivity index (χ4v) is 2.61. The Kier molecular flexibility index (Phi) is 4.05. The van der Waals surface area contributed by atoms with E-state index in [0.717, 1.165) is 10.6 Å². The van der Waals surface area contributed by atoms with Gasteiger partial charge in [0.25, 0.3) is 0 Å². The van der Waals surface area contributed by atoms with Crippen LogP contribution in [0.25, 0.3) is 10.5 Å². The Bertz CT molecular complexity index is 979. The summed E-state index contributed by atoms with van der Waals surface area (Å²) < 4.78 is 27.2. The van der Waals surface area contributed by atoms with Crippen molar-refractivity contribution in [3.05, 3.63) is 45.4 Å². The van der Waals surface area contributed by atoms with E-state index in [1.54, 1.807) is 27.0 Å². The number of nitrogens with zero attached hydrogens (tertiary/aromatic N) is 5. The molecule has 0 saturated carbocycles. The summed E-state index contributed by atoms with van der Waals surface area (Å²) in [5.41, 5.74) is 1.16. The van der Waals surface area contributed by atoms with Gasteiger partial charge in [0.05, 0.1) is 24.2 Å². The lowest BCUT2D eigenvalue weighted by Gasteiger charge is -2.20. The summed E-state index contributed by atoms with van der Waals surface area (Å²) in [4.78, 5) is 15.6. The topological polar surface area (TPSA) is 81.6 Å². The van der Waals surface area contributed by atoms with Crippen molar-refractivity contribution in [3.63, 3.8) is 0 Å². The molecule has 0 fully saturated rings. The number of anilines is 1. The smallest absolute Gasteiger partial charge is 0.284 e. The molecular weight excluding hydrogens is 318 g/mol. The van der Waals surface area contributed by atoms with Gasteiger partial charge >= 0.3 is 5.69 Å². The number of hydrogen-bond acceptors (Lipinski definition) is 4. The molecular formula is C14H17N5O3S. The van der Waals surface area contributed by atoms with Gasteiger partial charge < -0.3 is 0 Å². The van der Waals surface area contributed by atoms with E-state index >= 15 is 0 Å². The molecule has 1 aromatic carbocycles. The van der Waals surface area contributed by atoms with E-state index in [0.29, 0.717) is 17.1 Å². The van der Waals surface area contributed by atoms with Crippen LogP contribution in [0, 0.1) is 20.4 Å². The molecule has 0 bridgehead atoms. The highest BCUT2D eigenvalue weighted by Gasteiger charge is 2.20. The molecule has 0 spiro atoms. The molecule has 0 unspecified atom stereocenters. The molecule has 122 valence electrons. The van der Waals surface area contributed by atoms with Gasteiger partial charge in [-0.2, -0.15) is 9.78 Å². The van der Waals surface area contributed by atoms with Gasteiger partial charge in [-0.15, -0.1) is 0 Å². The van der Waals surface area contributed by atoms with Gasteiger partial charge in [0.2, 0.25) is 15.7 Å². The Morgan fingerprint density at radius 3 is 2.35 bits per heavy atom. The summed E-state index contributed by atoms with van der Waals surface area (Å²) in [6.45, 7) is 10.7. The molecule has 0 aliphatic carbocycles. The van der Waals surface area contributed by atoms with Crippen molar-refractivity contribution >= 4 is 21.4 Å². The molecule has 0 atom stereocenters. The van der Waals surface area contributed by atoms with E-state index in [4.69, 9.17) is 6.57 Å². The van der Waals surface area contributed by atoms with Crippen LogP contribution >= 0.6 is 0 Å². The zero-order chi connectivity index (χ0) is 17.5. The first-order valence-corrected chi connectivity index (χ1v) is 8.51. The first-order chi connectivity index (χ1) is 10.6. The molecule has 0 radical (unpaired) electrons. The summed E-state index contributed by atoms with van der Waals surface area (Å²) in [6, 6.07) is 3.05. The second kappa shape index (κ2) is 5.55. The van der Waals surface area contributed by atoms with Crippen molar-refractivity contribution in [1.29, 1.82) is 0 Å². The normalized spacial score (nSPS) is 11.3. The number of aryl methyl sites for hydroxylation is 2. The van der Waals surface area contributed by atoms with E-state index in [-0.39, 0.29) is 17.1 Å². The summed E-state index contributed by atoms with van der Waals surface area (Å²) in [5.74, 6) is 0.529. The zero-order valence-corrected chi connectivity index (χ0v) is 14.3. The minimum absolute atomic E-state index is 0.194. The van der Waals surface area contributed by atoms with E-state index in [1.165, 1.54) is 22.4 Å². The summed E-state index contributed by atoms with van der Waals surface area (Å²) in [5, 5.41) is 4.18. The number of sulfonamides is 1. The van der Waals surface area contributed by atoms with Gasteiger partial charge in [-0.25, -0.2) is 18.1 Å². The highest BCUT2D eigenvalue weighted by atomic mass is 32.2. The number of aromatic nitrogens is 3. The standard InChI is InChI=1S/C14H17N5O3S/c1-9-7-11(15-3)13(18(5)23(6,21)22)8-12(9)19-14(20)17(4)10(2)16-19/h7-8H,1-2,4-6H3. The number of rotatable bonds is 3. The van der Waals surface area contributed by atoms with E-state index in [9.17, 15) is 13.2 Å². The maximum Gasteiger partial charge on any atom is 0.350 e. The lowest BCUT2D eigenvalue weighted by molar-refractivity contribution is 0.600. The molecule has 0 aliphatic rings. The predicted molar refractivity (Wildman–Crippen MR) is 87.8 cm³/mol. The lowest BCUT2D eigenvalue weighted by Crippen LogP contribution is -2.26. The molecule has 1 heterocycles. The van der Waals surface area contributed by atoms with Crippen LogP contribution < -0.4 is 9.99 Å². The Balaban J connectivity index is 2.80. The Morgan fingerprint density at radius 1 is 1.30 bits per heavy atom. The average Bonchev–Trinajstić information content (AvgIpc) is 2.72. The van der Waals surface area contributed by atoms with Gasteiger partial charge in [0.15, 0.2) is 0 Å². The summed E-state index contributed by atoms with van der Waals surface area (Å²) in [6.07, 6.45) is 1.05. The lowest BCUT2D eigenvalue weighted by atomic mass is 10.1. The van der Waals surface area contributed by atoms with Crippen molar-refractivity contribution in [2.24, 2.45) is 7.05 Å². The van der Waals surface area contributed by atoms with E-state index < -0.39 is 10.0 Å². The maximum atomic E-state index is 12.2. The number of benzene rings is 1. The average molecular weight is 335 g/mol. The third-order valence-electron chi connectivity index (χ3n) is 3.68. The van der Waals surface area contributed by atoms with Gasteiger partial charge in [0.1, 0.15) is 5.82 Å². The third kappa shape index (κ3) is 2.85. The molecule has 9 heteroatoms. The van der Waals surface area contributed by atoms with Crippen LogP contribution in [0.4, 0.5) is 11.4 Å². The van der Waals surface area contributed by atoms with Crippen LogP contribution in [0.2, 0.25) is 0 Å². The Hall–Kier alpha value is -2.60. The van der Waals surface area contributed by atoms with Crippen LogP contribution in [0.5, 0.6) is 0 Å². The molecule has 0 saturated heterocycles. The predicted octanol–water partition coefficient (Wildman–Crippen LogP) is 1.13. The van der Waals surface area contributed by atoms with Gasteiger partial charge in [-0.3, -0.25) is 8.87 Å². The van der Waals surface area contributed by atoms with Gasteiger partial charge in [0, 0.05) is 14.1 Å². The SMILES string of the molecule is [C-]#[N+]c1cc(C)c(-n2nc(C)n(C)c2=O)cc1N(C)S(C)(=O)=O. The van der Waals surface area contributed by atoms with Crippen molar-refractivity contribution < 1.29 is 8.42 Å². The Labute approximate surface area is 134 Å². The number of hydrogen-bond donors (Lipinski definition) is 0. The van der Waals surface area contributed by atoms with Gasteiger partial charge in [-0.1, -0.05) is 0 Å². The van der Waals surface area contributed by atoms with E-state index in [1.807, 2.05) is 0 Å². The quantitative estimate of drug-likeness (QED) is 0.788. The van der Waals surface area contributed by atoms with Crippen molar-refractivity contribution in [3.8, 4) is 5.69 Å². The van der Waals surface area contributed by atoms with Crippen LogP contribution in [-0.4, -0.2) is 36.1 Å². The molecule has 0 amide bonds. The molecule has 0 aliphatic heterocycles. The van der Waals surface area contributed by atoms with Crippen LogP contribution in [0.1, 0.15) is 11.4 Å². The molecule has 0 N–H and O–H groups in total. The highest BCUT2D eigenvalue weighted by molar-refractivity contribution is 7.92. The largest absolute Gasteiger partial charge is 0.350 e. The molecule has 23 heavy (non-hydrogen) atoms. The van der Waals surface area contributed by atoms with Crippen LogP contribution in [-0.2, 0) is 17.1 Å². The molecule has 2 rings (SSSR count). The minimum Gasteiger partial charge on any atom is -0.284 e. The molecule has 2 aromatic rings. The second-order valence-corrected chi connectivity index (χ2v) is 7.28. The highest BCUT2D eigenvalue weighted by Crippen LogP contribution is 2.33. The van der Waals surface area contributed by atoms with Crippen molar-refractivity contribution in [2.75, 3.05) is 17.6 Å². The Morgan fingerprint density at radius 2 is 1.91 bits per heavy atom.